The molecule has 0 spiro atoms. The molecule has 0 heterocycles. The Bertz CT molecular complexity index is 2240. The van der Waals surface area contributed by atoms with E-state index in [4.69, 9.17) is 0 Å². The zero-order chi connectivity index (χ0) is 19.0. The smallest absolute Gasteiger partial charge is 0.00000000157 e. The third kappa shape index (κ3) is 0.646. The van der Waals surface area contributed by atoms with E-state index in [2.05, 4.69) is 0 Å². The Labute approximate surface area is 179 Å². The summed E-state index contributed by atoms with van der Waals surface area (Å²) in [5.41, 5.74) is 7.28. The Balaban J connectivity index is 1.07. The van der Waals surface area contributed by atoms with Crippen LogP contribution in [0.5, 0.6) is 0 Å². The third-order valence-electron chi connectivity index (χ3n) is 12.7. The quantitative estimate of drug-likeness (QED) is 0.224. The maximum atomic E-state index is 1.82. The zero-order valence-corrected chi connectivity index (χ0v) is 17.1. The second kappa shape index (κ2) is 2.80. The lowest BCUT2D eigenvalue weighted by molar-refractivity contribution is 0.296. The van der Waals surface area contributed by atoms with Gasteiger partial charge in [-0.1, -0.05) is 0 Å². The molecule has 0 radical (unpaired) electrons. The number of benzene rings is 10. The van der Waals surface area contributed by atoms with Crippen molar-refractivity contribution in [2.75, 3.05) is 0 Å². The number of rotatable bonds is 0. The molecule has 0 nitrogen and oxygen atoms in total. The molecule has 32 heavy (non-hydrogen) atoms. The van der Waals surface area contributed by atoms with Crippen LogP contribution in [0.2, 0.25) is 0 Å². The van der Waals surface area contributed by atoms with Gasteiger partial charge in [0.15, 0.2) is 0 Å². The van der Waals surface area contributed by atoms with Crippen LogP contribution in [-0.2, 0) is 0 Å². The summed E-state index contributed by atoms with van der Waals surface area (Å²) in [6.07, 6.45) is 5.88. The largest absolute Gasteiger partial charge is 0.0451 e. The zero-order valence-electron chi connectivity index (χ0n) is 17.1. The summed E-state index contributed by atoms with van der Waals surface area (Å²) in [5, 5.41) is 34.3. The second-order valence-corrected chi connectivity index (χ2v) is 12.7. The lowest BCUT2D eigenvalue weighted by Gasteiger charge is -2.56. The molecule has 15 rings (SSSR count). The van der Waals surface area contributed by atoms with E-state index in [1.807, 2.05) is 22.3 Å². The molecular formula is C32H12. The second-order valence-electron chi connectivity index (χ2n) is 12.7. The minimum Gasteiger partial charge on any atom is -0.0451 e. The Morgan fingerprint density at radius 2 is 0.375 bits per heavy atom. The minimum atomic E-state index is 0.973. The predicted octanol–water partition coefficient (Wildman–Crippen LogP) is 8.98. The number of hydrogen-bond donors (Lipinski definition) is 0. The predicted molar refractivity (Wildman–Crippen MR) is 134 cm³/mol. The van der Waals surface area contributed by atoms with Crippen LogP contribution in [0.1, 0.15) is 71.6 Å². The van der Waals surface area contributed by atoms with Crippen LogP contribution < -0.4 is 0 Å². The van der Waals surface area contributed by atoms with Crippen molar-refractivity contribution in [2.45, 2.75) is 49.4 Å². The summed E-state index contributed by atoms with van der Waals surface area (Å²) in [5.74, 6) is 3.89. The maximum absolute atomic E-state index is 1.82. The molecule has 2 fully saturated rings. The fourth-order valence-corrected chi connectivity index (χ4v) is 11.2. The van der Waals surface area contributed by atoms with Crippen LogP contribution in [0.4, 0.5) is 0 Å². The molecule has 0 amide bonds. The first kappa shape index (κ1) is 12.2. The Morgan fingerprint density at radius 1 is 0.219 bits per heavy atom. The Kier molecular flexibility index (Phi) is 1.07. The molecule has 11 aromatic carbocycles. The van der Waals surface area contributed by atoms with Gasteiger partial charge in [-0.2, -0.15) is 0 Å². The topological polar surface area (TPSA) is 0 Å². The fourth-order valence-electron chi connectivity index (χ4n) is 11.2. The number of hydrogen-bond acceptors (Lipinski definition) is 0. The van der Waals surface area contributed by atoms with Crippen LogP contribution in [0.25, 0.3) is 108 Å². The van der Waals surface area contributed by atoms with E-state index < -0.39 is 0 Å². The molecule has 0 aromatic heterocycles. The highest BCUT2D eigenvalue weighted by Gasteiger charge is 2.55. The van der Waals surface area contributed by atoms with Gasteiger partial charge >= 0.3 is 0 Å². The molecule has 4 atom stereocenters. The molecule has 140 valence electrons. The van der Waals surface area contributed by atoms with E-state index in [1.165, 1.54) is 25.7 Å². The molecule has 0 heteroatoms. The average molecular weight is 396 g/mol. The van der Waals surface area contributed by atoms with Crippen molar-refractivity contribution >= 4 is 108 Å². The Morgan fingerprint density at radius 3 is 0.531 bits per heavy atom. The fraction of sp³-hybridized carbons (Fsp3) is 0.250. The van der Waals surface area contributed by atoms with Crippen molar-refractivity contribution in [3.05, 3.63) is 22.3 Å². The maximum Gasteiger partial charge on any atom is -0.00000000157 e. The van der Waals surface area contributed by atoms with E-state index in [0.29, 0.717) is 0 Å². The summed E-state index contributed by atoms with van der Waals surface area (Å²) in [7, 11) is 0. The first-order valence-electron chi connectivity index (χ1n) is 13.0. The van der Waals surface area contributed by atoms with Crippen LogP contribution in [0, 0.1) is 0 Å². The monoisotopic (exact) mass is 396 g/mol. The molecule has 4 unspecified atom stereocenters. The van der Waals surface area contributed by atoms with Gasteiger partial charge < -0.3 is 0 Å². The van der Waals surface area contributed by atoms with Crippen LogP contribution in [0.15, 0.2) is 0 Å². The van der Waals surface area contributed by atoms with Crippen molar-refractivity contribution in [3.63, 3.8) is 0 Å². The Hall–Kier alpha value is -3.12. The highest BCUT2D eigenvalue weighted by molar-refractivity contribution is 6.76. The lowest BCUT2D eigenvalue weighted by atomic mass is 9.47. The first-order chi connectivity index (χ1) is 16.0. The standard InChI is InChI=1S/C32H12/c1-2-6-5(1)9-10(6)14-13(9)17-18(14)22-21(17)25-26(22)30-29(25)31-27-23-19-15-11-7-3-4-8(7)12(11)16(15)20(19)24(23)28(27)32(30)31/h5-8H,1-4H2. The van der Waals surface area contributed by atoms with Gasteiger partial charge in [0.25, 0.3) is 0 Å². The normalized spacial score (nSPS) is 30.0. The molecule has 2 saturated carbocycles. The van der Waals surface area contributed by atoms with Gasteiger partial charge in [0, 0.05) is 0 Å². The van der Waals surface area contributed by atoms with Crippen molar-refractivity contribution in [1.29, 1.82) is 0 Å². The molecule has 4 aliphatic carbocycles. The highest BCUT2D eigenvalue weighted by atomic mass is 14.6. The van der Waals surface area contributed by atoms with E-state index in [9.17, 15) is 0 Å². The van der Waals surface area contributed by atoms with Crippen molar-refractivity contribution < 1.29 is 0 Å². The van der Waals surface area contributed by atoms with E-state index in [-0.39, 0.29) is 0 Å². The van der Waals surface area contributed by atoms with Gasteiger partial charge in [-0.25, -0.2) is 0 Å². The molecule has 4 aliphatic rings. The van der Waals surface area contributed by atoms with Gasteiger partial charge in [-0.3, -0.25) is 0 Å². The summed E-state index contributed by atoms with van der Waals surface area (Å²) in [6, 6.07) is 0. The van der Waals surface area contributed by atoms with Gasteiger partial charge in [0.05, 0.1) is 0 Å². The van der Waals surface area contributed by atoms with Crippen molar-refractivity contribution in [2.24, 2.45) is 0 Å². The third-order valence-corrected chi connectivity index (χ3v) is 12.7. The van der Waals surface area contributed by atoms with Crippen LogP contribution >= 0.6 is 0 Å². The SMILES string of the molecule is C1CC2c3c(c4c3c3c4c4c3c3c4c4c3c3c5c6c7c8c9c(c8c7c6c5c43)C3CCC93)C12. The first-order valence-corrected chi connectivity index (χ1v) is 13.0. The van der Waals surface area contributed by atoms with Crippen molar-refractivity contribution in [1.82, 2.24) is 0 Å². The van der Waals surface area contributed by atoms with Gasteiger partial charge in [-0.15, -0.1) is 0 Å². The highest BCUT2D eigenvalue weighted by Crippen LogP contribution is 2.78. The lowest BCUT2D eigenvalue weighted by Crippen LogP contribution is -2.37. The average Bonchev–Trinajstić information content (AvgIpc) is 2.70. The van der Waals surface area contributed by atoms with Gasteiger partial charge in [0.2, 0.25) is 0 Å². The summed E-state index contributed by atoms with van der Waals surface area (Å²) < 4.78 is 0. The van der Waals surface area contributed by atoms with Gasteiger partial charge in [0.1, 0.15) is 0 Å². The minimum absolute atomic E-state index is 0.973. The van der Waals surface area contributed by atoms with Crippen LogP contribution in [0.3, 0.4) is 0 Å². The molecular weight excluding hydrogens is 384 g/mol. The van der Waals surface area contributed by atoms with Crippen LogP contribution in [-0.4, -0.2) is 0 Å². The number of fused-ring (bicyclic) bond motifs is 40. The molecule has 11 aromatic rings. The van der Waals surface area contributed by atoms with E-state index in [1.54, 1.807) is 108 Å². The summed E-state index contributed by atoms with van der Waals surface area (Å²) in [4.78, 5) is 0. The molecule has 0 aliphatic heterocycles. The van der Waals surface area contributed by atoms with E-state index in [0.717, 1.165) is 23.7 Å². The summed E-state index contributed by atoms with van der Waals surface area (Å²) >= 11 is 0. The van der Waals surface area contributed by atoms with Gasteiger partial charge in [-0.05, 0) is 179 Å². The van der Waals surface area contributed by atoms with E-state index >= 15 is 0 Å². The molecule has 0 bridgehead atoms. The molecule has 0 N–H and O–H groups in total. The molecule has 0 saturated heterocycles. The van der Waals surface area contributed by atoms with Crippen molar-refractivity contribution in [3.8, 4) is 0 Å². The summed E-state index contributed by atoms with van der Waals surface area (Å²) in [6.45, 7) is 0.